The van der Waals surface area contributed by atoms with Gasteiger partial charge in [-0.05, 0) is 81.1 Å². The second-order valence-corrected chi connectivity index (χ2v) is 14.2. The molecular formula is C30H37ClN5O3P. The Labute approximate surface area is 241 Å². The van der Waals surface area contributed by atoms with Gasteiger partial charge >= 0.3 is 0 Å². The Balaban J connectivity index is 1.64. The molecule has 2 aromatic carbocycles. The maximum Gasteiger partial charge on any atom is 0.247 e. The summed E-state index contributed by atoms with van der Waals surface area (Å²) in [6.07, 6.45) is 5.47. The first-order chi connectivity index (χ1) is 19.1. The second kappa shape index (κ2) is 13.0. The Morgan fingerprint density at radius 2 is 1.93 bits per heavy atom. The molecule has 0 atom stereocenters. The molecule has 1 aliphatic rings. The molecule has 0 spiro atoms. The predicted molar refractivity (Wildman–Crippen MR) is 164 cm³/mol. The molecule has 40 heavy (non-hydrogen) atoms. The zero-order valence-corrected chi connectivity index (χ0v) is 25.2. The van der Waals surface area contributed by atoms with Crippen LogP contribution in [0.1, 0.15) is 36.7 Å². The van der Waals surface area contributed by atoms with E-state index in [0.29, 0.717) is 52.1 Å². The minimum Gasteiger partial charge on any atom is -0.496 e. The molecule has 0 saturated carbocycles. The summed E-state index contributed by atoms with van der Waals surface area (Å²) in [6, 6.07) is 11.3. The van der Waals surface area contributed by atoms with Gasteiger partial charge in [0.1, 0.15) is 23.7 Å². The minimum atomic E-state index is -2.54. The van der Waals surface area contributed by atoms with Crippen LogP contribution in [-0.2, 0) is 22.3 Å². The molecule has 212 valence electrons. The fourth-order valence-corrected chi connectivity index (χ4v) is 6.10. The number of anilines is 3. The van der Waals surface area contributed by atoms with Gasteiger partial charge in [-0.2, -0.15) is 0 Å². The molecule has 2 heterocycles. The largest absolute Gasteiger partial charge is 0.496 e. The highest BCUT2D eigenvalue weighted by atomic mass is 35.5. The van der Waals surface area contributed by atoms with Crippen LogP contribution < -0.4 is 20.7 Å². The normalized spacial score (nSPS) is 14.5. The summed E-state index contributed by atoms with van der Waals surface area (Å²) in [5.41, 5.74) is 3.19. The van der Waals surface area contributed by atoms with E-state index in [2.05, 4.69) is 39.0 Å². The summed E-state index contributed by atoms with van der Waals surface area (Å²) in [5.74, 6) is 2.07. The predicted octanol–water partition coefficient (Wildman–Crippen LogP) is 6.08. The van der Waals surface area contributed by atoms with Crippen LogP contribution in [-0.4, -0.2) is 54.3 Å². The molecule has 0 bridgehead atoms. The summed E-state index contributed by atoms with van der Waals surface area (Å²) in [6.45, 7) is 12.1. The number of carbonyl (C=O) groups excluding carboxylic acids is 1. The Kier molecular flexibility index (Phi) is 9.67. The highest BCUT2D eigenvalue weighted by Gasteiger charge is 2.21. The quantitative estimate of drug-likeness (QED) is 0.221. The van der Waals surface area contributed by atoms with Crippen molar-refractivity contribution < 1.29 is 14.1 Å². The smallest absolute Gasteiger partial charge is 0.247 e. The first-order valence-electron chi connectivity index (χ1n) is 13.4. The van der Waals surface area contributed by atoms with Crippen LogP contribution in [0.15, 0.2) is 55.3 Å². The van der Waals surface area contributed by atoms with Crippen molar-refractivity contribution in [1.82, 2.24) is 14.9 Å². The van der Waals surface area contributed by atoms with Crippen LogP contribution in [0.4, 0.5) is 17.2 Å². The molecule has 0 unspecified atom stereocenters. The van der Waals surface area contributed by atoms with E-state index in [0.717, 1.165) is 43.0 Å². The number of methoxy groups -OCH3 is 1. The number of aromatic nitrogens is 2. The number of halogens is 1. The Hall–Kier alpha value is -3.19. The molecule has 1 aromatic heterocycles. The van der Waals surface area contributed by atoms with E-state index in [4.69, 9.17) is 16.3 Å². The van der Waals surface area contributed by atoms with Crippen LogP contribution >= 0.6 is 18.7 Å². The van der Waals surface area contributed by atoms with Crippen molar-refractivity contribution >= 4 is 47.1 Å². The number of carbonyl (C=O) groups is 1. The molecule has 8 nitrogen and oxygen atoms in total. The van der Waals surface area contributed by atoms with Gasteiger partial charge in [-0.15, -0.1) is 0 Å². The van der Waals surface area contributed by atoms with Gasteiger partial charge in [-0.1, -0.05) is 37.2 Å². The molecule has 2 N–H and O–H groups in total. The van der Waals surface area contributed by atoms with Crippen LogP contribution in [0.5, 0.6) is 5.75 Å². The number of para-hydroxylation sites is 1. The number of nitrogens with one attached hydrogen (secondary N) is 2. The number of rotatable bonds is 10. The first kappa shape index (κ1) is 29.8. The summed E-state index contributed by atoms with van der Waals surface area (Å²) < 4.78 is 18.6. The second-order valence-electron chi connectivity index (χ2n) is 10.6. The average Bonchev–Trinajstić information content (AvgIpc) is 2.92. The van der Waals surface area contributed by atoms with Gasteiger partial charge in [0.15, 0.2) is 5.82 Å². The zero-order chi connectivity index (χ0) is 28.9. The molecule has 1 saturated heterocycles. The van der Waals surface area contributed by atoms with Gasteiger partial charge in [-0.3, -0.25) is 9.69 Å². The van der Waals surface area contributed by atoms with E-state index in [1.165, 1.54) is 6.08 Å². The fraction of sp³-hybridized carbons (Fsp3) is 0.367. The number of piperidine rings is 1. The molecule has 1 amide bonds. The first-order valence-corrected chi connectivity index (χ1v) is 16.3. The summed E-state index contributed by atoms with van der Waals surface area (Å²) in [7, 11) is -0.905. The van der Waals surface area contributed by atoms with Crippen LogP contribution in [0, 0.1) is 5.92 Å². The SMILES string of the molecule is C=CC(=O)Nc1cc(Cc2ncc(Cl)c(Nc3ccccc3P(C)(C)=O)n2)c(OC)cc1CN1CCC(C)CC1. The van der Waals surface area contributed by atoms with Crippen molar-refractivity contribution in [2.45, 2.75) is 32.7 Å². The monoisotopic (exact) mass is 581 g/mol. The lowest BCUT2D eigenvalue weighted by Crippen LogP contribution is -2.32. The molecule has 1 fully saturated rings. The van der Waals surface area contributed by atoms with Crippen LogP contribution in [0.2, 0.25) is 5.02 Å². The molecule has 10 heteroatoms. The fourth-order valence-electron chi connectivity index (χ4n) is 4.81. The third-order valence-corrected chi connectivity index (χ3v) is 8.93. The van der Waals surface area contributed by atoms with E-state index in [-0.39, 0.29) is 5.91 Å². The molecule has 4 rings (SSSR count). The average molecular weight is 582 g/mol. The van der Waals surface area contributed by atoms with Crippen molar-refractivity contribution in [3.05, 3.63) is 77.2 Å². The van der Waals surface area contributed by atoms with Crippen molar-refractivity contribution in [1.29, 1.82) is 0 Å². The van der Waals surface area contributed by atoms with E-state index < -0.39 is 7.14 Å². The maximum atomic E-state index is 12.8. The van der Waals surface area contributed by atoms with E-state index >= 15 is 0 Å². The number of benzene rings is 2. The van der Waals surface area contributed by atoms with Gasteiger partial charge in [-0.25, -0.2) is 9.97 Å². The third-order valence-electron chi connectivity index (χ3n) is 7.10. The van der Waals surface area contributed by atoms with E-state index in [1.54, 1.807) is 26.6 Å². The number of hydrogen-bond acceptors (Lipinski definition) is 7. The topological polar surface area (TPSA) is 96.5 Å². The Morgan fingerprint density at radius 3 is 2.60 bits per heavy atom. The Morgan fingerprint density at radius 1 is 1.20 bits per heavy atom. The van der Waals surface area contributed by atoms with Crippen LogP contribution in [0.25, 0.3) is 0 Å². The number of nitrogens with zero attached hydrogens (tertiary/aromatic N) is 3. The van der Waals surface area contributed by atoms with Gasteiger partial charge in [0.05, 0.1) is 19.0 Å². The van der Waals surface area contributed by atoms with Crippen molar-refractivity contribution in [2.24, 2.45) is 5.92 Å². The molecule has 0 radical (unpaired) electrons. The molecule has 0 aliphatic carbocycles. The van der Waals surface area contributed by atoms with E-state index in [1.807, 2.05) is 36.4 Å². The van der Waals surface area contributed by atoms with Gasteiger partial charge < -0.3 is 19.9 Å². The zero-order valence-electron chi connectivity index (χ0n) is 23.5. The molecule has 3 aromatic rings. The maximum absolute atomic E-state index is 12.8. The summed E-state index contributed by atoms with van der Waals surface area (Å²) >= 11 is 6.45. The van der Waals surface area contributed by atoms with Crippen molar-refractivity contribution in [2.75, 3.05) is 44.2 Å². The molecule has 1 aliphatic heterocycles. The Bertz CT molecular complexity index is 1430. The minimum absolute atomic E-state index is 0.276. The lowest BCUT2D eigenvalue weighted by atomic mass is 9.98. The highest BCUT2D eigenvalue weighted by molar-refractivity contribution is 7.70. The van der Waals surface area contributed by atoms with E-state index in [9.17, 15) is 9.36 Å². The number of hydrogen-bond donors (Lipinski definition) is 2. The highest BCUT2D eigenvalue weighted by Crippen LogP contribution is 2.38. The van der Waals surface area contributed by atoms with Crippen LogP contribution in [0.3, 0.4) is 0 Å². The summed E-state index contributed by atoms with van der Waals surface area (Å²) in [4.78, 5) is 23.8. The number of amides is 1. The standard InChI is InChI=1S/C30H37ClN5O3P/c1-6-29(37)33-25-15-21(26(39-3)16-22(25)19-36-13-11-20(2)12-14-36)17-28-32-18-23(31)30(35-28)34-24-9-7-8-10-27(24)40(4,5)38/h6-10,15-16,18,20H,1,11-14,17,19H2,2-5H3,(H,33,37)(H,32,34,35). The lowest BCUT2D eigenvalue weighted by Gasteiger charge is -2.31. The van der Waals surface area contributed by atoms with Crippen molar-refractivity contribution in [3.8, 4) is 5.75 Å². The summed E-state index contributed by atoms with van der Waals surface area (Å²) in [5, 5.41) is 7.28. The number of ether oxygens (including phenoxy) is 1. The number of likely N-dealkylation sites (tertiary alicyclic amines) is 1. The third kappa shape index (κ3) is 7.51. The lowest BCUT2D eigenvalue weighted by molar-refractivity contribution is -0.111. The van der Waals surface area contributed by atoms with Crippen molar-refractivity contribution in [3.63, 3.8) is 0 Å². The van der Waals surface area contributed by atoms with Gasteiger partial charge in [0.2, 0.25) is 5.91 Å². The van der Waals surface area contributed by atoms with Gasteiger partial charge in [0, 0.05) is 29.5 Å². The molecular weight excluding hydrogens is 545 g/mol. The van der Waals surface area contributed by atoms with Gasteiger partial charge in [0.25, 0.3) is 0 Å².